The van der Waals surface area contributed by atoms with Crippen molar-refractivity contribution < 1.29 is 40.2 Å². The number of rotatable bonds is 9. The predicted octanol–water partition coefficient (Wildman–Crippen LogP) is 3.05. The lowest BCUT2D eigenvalue weighted by molar-refractivity contribution is -0.0907. The molecule has 0 aromatic rings. The number of hydrogen-bond donors (Lipinski definition) is 1. The van der Waals surface area contributed by atoms with Gasteiger partial charge in [-0.2, -0.15) is 0 Å². The summed E-state index contributed by atoms with van der Waals surface area (Å²) in [5.41, 5.74) is 0. The highest BCUT2D eigenvalue weighted by Crippen LogP contribution is 2.26. The van der Waals surface area contributed by atoms with Crippen molar-refractivity contribution in [1.82, 2.24) is 0 Å². The van der Waals surface area contributed by atoms with Gasteiger partial charge in [0.05, 0.1) is 6.67 Å². The molecule has 0 aromatic heterocycles. The number of halogens is 8. The molecular formula is C10H14F8O. The number of aliphatic hydroxyl groups excluding tert-OH is 1. The fourth-order valence-electron chi connectivity index (χ4n) is 1.31. The minimum atomic E-state index is -3.49. The van der Waals surface area contributed by atoms with E-state index in [1.807, 2.05) is 0 Å². The molecule has 1 N–H and O–H groups in total. The molecule has 19 heavy (non-hydrogen) atoms. The summed E-state index contributed by atoms with van der Waals surface area (Å²) in [5.74, 6) is 0. The summed E-state index contributed by atoms with van der Waals surface area (Å²) in [4.78, 5) is 0. The Labute approximate surface area is 104 Å². The van der Waals surface area contributed by atoms with Crippen LogP contribution in [0.25, 0.3) is 0 Å². The lowest BCUT2D eigenvalue weighted by Gasteiger charge is -2.24. The lowest BCUT2D eigenvalue weighted by atomic mass is 9.99. The van der Waals surface area contributed by atoms with Crippen LogP contribution in [0.2, 0.25) is 0 Å². The van der Waals surface area contributed by atoms with E-state index in [0.29, 0.717) is 0 Å². The third kappa shape index (κ3) is 5.50. The molecule has 7 atom stereocenters. The SMILES string of the molecule is OC(F)C(F)C(F)C(F)C(F)C(F)C(F)CCCF. The van der Waals surface area contributed by atoms with Crippen molar-refractivity contribution in [2.45, 2.75) is 56.2 Å². The molecule has 0 fully saturated rings. The molecule has 0 rings (SSSR count). The summed E-state index contributed by atoms with van der Waals surface area (Å²) in [7, 11) is 0. The molecule has 7 unspecified atom stereocenters. The zero-order valence-corrected chi connectivity index (χ0v) is 9.63. The van der Waals surface area contributed by atoms with Crippen molar-refractivity contribution >= 4 is 0 Å². The van der Waals surface area contributed by atoms with Gasteiger partial charge in [0.2, 0.25) is 6.36 Å². The Morgan fingerprint density at radius 3 is 1.53 bits per heavy atom. The van der Waals surface area contributed by atoms with Crippen LogP contribution in [0.4, 0.5) is 35.1 Å². The predicted molar refractivity (Wildman–Crippen MR) is 51.7 cm³/mol. The molecule has 0 amide bonds. The Bertz CT molecular complexity index is 242. The van der Waals surface area contributed by atoms with Gasteiger partial charge in [-0.25, -0.2) is 30.7 Å². The largest absolute Gasteiger partial charge is 0.362 e. The molecule has 0 radical (unpaired) electrons. The van der Waals surface area contributed by atoms with E-state index in [4.69, 9.17) is 5.11 Å². The molecule has 0 aliphatic carbocycles. The van der Waals surface area contributed by atoms with Crippen LogP contribution in [0.3, 0.4) is 0 Å². The molecule has 0 saturated carbocycles. The Hall–Kier alpha value is -0.600. The standard InChI is InChI=1S/C10H14F8O/c11-3-1-2-4(12)5(13)6(14)7(15)8(16)9(17)10(18)19/h4-10,19H,1-3H2. The molecule has 0 saturated heterocycles. The summed E-state index contributed by atoms with van der Waals surface area (Å²) in [6, 6.07) is 0. The van der Waals surface area contributed by atoms with Gasteiger partial charge in [0.15, 0.2) is 30.9 Å². The van der Waals surface area contributed by atoms with E-state index >= 15 is 0 Å². The molecular weight excluding hydrogens is 288 g/mol. The van der Waals surface area contributed by atoms with Crippen LogP contribution in [0.15, 0.2) is 0 Å². The van der Waals surface area contributed by atoms with Gasteiger partial charge < -0.3 is 5.11 Å². The van der Waals surface area contributed by atoms with Gasteiger partial charge in [-0.3, -0.25) is 4.39 Å². The average molecular weight is 302 g/mol. The summed E-state index contributed by atoms with van der Waals surface area (Å²) in [5, 5.41) is 8.01. The Balaban J connectivity index is 4.49. The molecule has 0 aromatic carbocycles. The summed E-state index contributed by atoms with van der Waals surface area (Å²) in [6.45, 7) is -1.00. The van der Waals surface area contributed by atoms with Crippen LogP contribution in [0.1, 0.15) is 12.8 Å². The van der Waals surface area contributed by atoms with Crippen LogP contribution in [0, 0.1) is 0 Å². The Morgan fingerprint density at radius 2 is 1.11 bits per heavy atom. The zero-order chi connectivity index (χ0) is 15.2. The maximum absolute atomic E-state index is 13.0. The van der Waals surface area contributed by atoms with Gasteiger partial charge in [0.25, 0.3) is 0 Å². The molecule has 0 aliphatic rings. The average Bonchev–Trinajstić information content (AvgIpc) is 2.40. The number of hydrogen-bond acceptors (Lipinski definition) is 1. The van der Waals surface area contributed by atoms with E-state index in [0.717, 1.165) is 0 Å². The Morgan fingerprint density at radius 1 is 0.684 bits per heavy atom. The highest BCUT2D eigenvalue weighted by molar-refractivity contribution is 4.89. The first-order chi connectivity index (χ1) is 8.73. The fraction of sp³-hybridized carbons (Fsp3) is 1.00. The zero-order valence-electron chi connectivity index (χ0n) is 9.63. The first-order valence-corrected chi connectivity index (χ1v) is 5.46. The van der Waals surface area contributed by atoms with E-state index in [2.05, 4.69) is 0 Å². The maximum Gasteiger partial charge on any atom is 0.231 e. The van der Waals surface area contributed by atoms with E-state index in [1.54, 1.807) is 0 Å². The van der Waals surface area contributed by atoms with Gasteiger partial charge in [0.1, 0.15) is 6.17 Å². The molecule has 116 valence electrons. The van der Waals surface area contributed by atoms with Gasteiger partial charge in [-0.05, 0) is 12.8 Å². The minimum Gasteiger partial charge on any atom is -0.362 e. The first kappa shape index (κ1) is 18.4. The van der Waals surface area contributed by atoms with Crippen LogP contribution >= 0.6 is 0 Å². The molecule has 0 heterocycles. The lowest BCUT2D eigenvalue weighted by Crippen LogP contribution is -2.45. The van der Waals surface area contributed by atoms with E-state index in [-0.39, 0.29) is 0 Å². The van der Waals surface area contributed by atoms with Crippen LogP contribution in [-0.4, -0.2) is 55.2 Å². The second-order valence-electron chi connectivity index (χ2n) is 3.94. The molecule has 0 aliphatic heterocycles. The van der Waals surface area contributed by atoms with Crippen LogP contribution < -0.4 is 0 Å². The molecule has 1 nitrogen and oxygen atoms in total. The second kappa shape index (κ2) is 8.55. The van der Waals surface area contributed by atoms with Crippen molar-refractivity contribution in [1.29, 1.82) is 0 Å². The third-order valence-corrected chi connectivity index (χ3v) is 2.44. The maximum atomic E-state index is 13.0. The highest BCUT2D eigenvalue weighted by atomic mass is 19.2. The second-order valence-corrected chi connectivity index (χ2v) is 3.94. The minimum absolute atomic E-state index is 0.445. The van der Waals surface area contributed by atoms with Crippen molar-refractivity contribution in [2.75, 3.05) is 6.67 Å². The highest BCUT2D eigenvalue weighted by Gasteiger charge is 2.45. The van der Waals surface area contributed by atoms with E-state index < -0.39 is 62.9 Å². The van der Waals surface area contributed by atoms with Crippen molar-refractivity contribution in [2.24, 2.45) is 0 Å². The molecule has 0 spiro atoms. The third-order valence-electron chi connectivity index (χ3n) is 2.44. The summed E-state index contributed by atoms with van der Waals surface area (Å²) >= 11 is 0. The van der Waals surface area contributed by atoms with Gasteiger partial charge in [0, 0.05) is 0 Å². The Kier molecular flexibility index (Phi) is 8.28. The molecule has 0 bridgehead atoms. The first-order valence-electron chi connectivity index (χ1n) is 5.46. The number of aliphatic hydroxyl groups is 1. The van der Waals surface area contributed by atoms with E-state index in [9.17, 15) is 35.1 Å². The van der Waals surface area contributed by atoms with Gasteiger partial charge >= 0.3 is 0 Å². The number of alkyl halides is 8. The normalized spacial score (nSPS) is 23.2. The van der Waals surface area contributed by atoms with Crippen molar-refractivity contribution in [3.63, 3.8) is 0 Å². The van der Waals surface area contributed by atoms with Gasteiger partial charge in [-0.1, -0.05) is 0 Å². The summed E-state index contributed by atoms with van der Waals surface area (Å²) in [6.07, 6.45) is -24.1. The molecule has 9 heteroatoms. The van der Waals surface area contributed by atoms with Crippen molar-refractivity contribution in [3.8, 4) is 0 Å². The van der Waals surface area contributed by atoms with E-state index in [1.165, 1.54) is 0 Å². The summed E-state index contributed by atoms with van der Waals surface area (Å²) < 4.78 is 101. The topological polar surface area (TPSA) is 20.2 Å². The van der Waals surface area contributed by atoms with Crippen LogP contribution in [-0.2, 0) is 0 Å². The quantitative estimate of drug-likeness (QED) is 0.649. The smallest absolute Gasteiger partial charge is 0.231 e. The fourth-order valence-corrected chi connectivity index (χ4v) is 1.31. The van der Waals surface area contributed by atoms with Crippen molar-refractivity contribution in [3.05, 3.63) is 0 Å². The monoisotopic (exact) mass is 302 g/mol. The van der Waals surface area contributed by atoms with Crippen LogP contribution in [0.5, 0.6) is 0 Å². The van der Waals surface area contributed by atoms with Gasteiger partial charge in [-0.15, -0.1) is 0 Å².